The highest BCUT2D eigenvalue weighted by Gasteiger charge is 2.28. The second-order valence-corrected chi connectivity index (χ2v) is 9.39. The second-order valence-electron chi connectivity index (χ2n) is 9.39. The van der Waals surface area contributed by atoms with Gasteiger partial charge in [-0.15, -0.1) is 0 Å². The number of hydrogen-bond donors (Lipinski definition) is 1. The number of nitrogens with zero attached hydrogens (tertiary/aromatic N) is 2. The average molecular weight is 450 g/mol. The first-order chi connectivity index (χ1) is 16.0. The molecular formula is C27H35N3O3. The van der Waals surface area contributed by atoms with Crippen molar-refractivity contribution in [2.24, 2.45) is 5.92 Å². The summed E-state index contributed by atoms with van der Waals surface area (Å²) in [5, 5.41) is 3.17. The van der Waals surface area contributed by atoms with Gasteiger partial charge < -0.3 is 15.0 Å². The molecule has 0 radical (unpaired) electrons. The Balaban J connectivity index is 1.39. The number of likely N-dealkylation sites (tertiary alicyclic amines) is 1. The molecule has 33 heavy (non-hydrogen) atoms. The van der Waals surface area contributed by atoms with Gasteiger partial charge in [0.25, 0.3) is 11.8 Å². The fraction of sp³-hybridized carbons (Fsp3) is 0.519. The largest absolute Gasteiger partial charge is 0.497 e. The van der Waals surface area contributed by atoms with Crippen LogP contribution in [0.4, 0.5) is 0 Å². The molecule has 1 aromatic heterocycles. The highest BCUT2D eigenvalue weighted by molar-refractivity contribution is 5.96. The Hall–Kier alpha value is -2.89. The molecule has 1 saturated heterocycles. The summed E-state index contributed by atoms with van der Waals surface area (Å²) in [5.41, 5.74) is 3.17. The molecule has 1 saturated carbocycles. The molecule has 1 aliphatic heterocycles. The van der Waals surface area contributed by atoms with Crippen molar-refractivity contribution in [3.05, 3.63) is 58.9 Å². The molecule has 2 aliphatic rings. The van der Waals surface area contributed by atoms with Crippen LogP contribution >= 0.6 is 0 Å². The van der Waals surface area contributed by atoms with E-state index in [-0.39, 0.29) is 17.7 Å². The zero-order chi connectivity index (χ0) is 23.2. The van der Waals surface area contributed by atoms with Gasteiger partial charge in [-0.3, -0.25) is 14.6 Å². The topological polar surface area (TPSA) is 71.5 Å². The minimum Gasteiger partial charge on any atom is -0.497 e. The molecule has 1 aliphatic carbocycles. The Morgan fingerprint density at radius 1 is 1.00 bits per heavy atom. The van der Waals surface area contributed by atoms with Gasteiger partial charge in [-0.1, -0.05) is 19.3 Å². The van der Waals surface area contributed by atoms with Crippen molar-refractivity contribution in [3.8, 4) is 5.75 Å². The Morgan fingerprint density at radius 2 is 1.70 bits per heavy atom. The zero-order valence-electron chi connectivity index (χ0n) is 19.8. The van der Waals surface area contributed by atoms with Crippen LogP contribution in [0.1, 0.15) is 83.0 Å². The molecule has 1 N–H and O–H groups in total. The van der Waals surface area contributed by atoms with E-state index >= 15 is 0 Å². The molecule has 176 valence electrons. The van der Waals surface area contributed by atoms with Crippen molar-refractivity contribution < 1.29 is 14.3 Å². The van der Waals surface area contributed by atoms with Crippen molar-refractivity contribution in [2.45, 2.75) is 57.8 Å². The number of pyridine rings is 1. The molecule has 0 atom stereocenters. The van der Waals surface area contributed by atoms with Crippen molar-refractivity contribution in [2.75, 3.05) is 26.7 Å². The number of benzene rings is 1. The predicted molar refractivity (Wildman–Crippen MR) is 129 cm³/mol. The number of amides is 2. The van der Waals surface area contributed by atoms with E-state index in [0.717, 1.165) is 36.5 Å². The number of methoxy groups -OCH3 is 1. The van der Waals surface area contributed by atoms with E-state index in [2.05, 4.69) is 5.32 Å². The maximum absolute atomic E-state index is 13.0. The van der Waals surface area contributed by atoms with Gasteiger partial charge >= 0.3 is 0 Å². The van der Waals surface area contributed by atoms with E-state index < -0.39 is 0 Å². The minimum absolute atomic E-state index is 0.0141. The number of rotatable bonds is 6. The zero-order valence-corrected chi connectivity index (χ0v) is 19.8. The first-order valence-corrected chi connectivity index (χ1v) is 12.2. The van der Waals surface area contributed by atoms with Crippen LogP contribution in [0.25, 0.3) is 0 Å². The number of carbonyl (C=O) groups excluding carboxylic acids is 2. The highest BCUT2D eigenvalue weighted by Crippen LogP contribution is 2.30. The van der Waals surface area contributed by atoms with Crippen LogP contribution in [0.5, 0.6) is 5.75 Å². The fourth-order valence-corrected chi connectivity index (χ4v) is 5.08. The number of aryl methyl sites for hydroxylation is 1. The SMILES string of the molecule is COc1ccc(C(=O)N2CCC(c3nc(C)ccc3C(=O)NCC3CCCCC3)CC2)cc1. The van der Waals surface area contributed by atoms with Gasteiger partial charge in [-0.05, 0) is 74.9 Å². The molecule has 2 aromatic rings. The Labute approximate surface area is 196 Å². The van der Waals surface area contributed by atoms with Crippen LogP contribution in [-0.4, -0.2) is 48.4 Å². The monoisotopic (exact) mass is 449 g/mol. The standard InChI is InChI=1S/C27H35N3O3/c1-19-8-13-24(26(31)28-18-20-6-4-3-5-7-20)25(29-19)21-14-16-30(17-15-21)27(32)22-9-11-23(33-2)12-10-22/h8-13,20-21H,3-7,14-18H2,1-2H3,(H,28,31). The van der Waals surface area contributed by atoms with E-state index in [1.165, 1.54) is 32.1 Å². The molecule has 4 rings (SSSR count). The third-order valence-electron chi connectivity index (χ3n) is 7.09. The summed E-state index contributed by atoms with van der Waals surface area (Å²) in [6.45, 7) is 4.04. The van der Waals surface area contributed by atoms with E-state index in [0.29, 0.717) is 30.1 Å². The minimum atomic E-state index is -0.0141. The third kappa shape index (κ3) is 5.73. The lowest BCUT2D eigenvalue weighted by Crippen LogP contribution is -2.38. The van der Waals surface area contributed by atoms with Crippen LogP contribution in [0.2, 0.25) is 0 Å². The first-order valence-electron chi connectivity index (χ1n) is 12.2. The summed E-state index contributed by atoms with van der Waals surface area (Å²) in [6.07, 6.45) is 7.88. The number of aromatic nitrogens is 1. The molecule has 2 amide bonds. The maximum atomic E-state index is 13.0. The smallest absolute Gasteiger partial charge is 0.253 e. The molecule has 6 nitrogen and oxygen atoms in total. The van der Waals surface area contributed by atoms with Gasteiger partial charge in [0.2, 0.25) is 0 Å². The van der Waals surface area contributed by atoms with Crippen LogP contribution < -0.4 is 10.1 Å². The van der Waals surface area contributed by atoms with Crippen LogP contribution in [-0.2, 0) is 0 Å². The van der Waals surface area contributed by atoms with Crippen molar-refractivity contribution >= 4 is 11.8 Å². The van der Waals surface area contributed by atoms with Crippen LogP contribution in [0.3, 0.4) is 0 Å². The lowest BCUT2D eigenvalue weighted by Gasteiger charge is -2.32. The summed E-state index contributed by atoms with van der Waals surface area (Å²) in [6, 6.07) is 11.1. The van der Waals surface area contributed by atoms with E-state index in [4.69, 9.17) is 9.72 Å². The van der Waals surface area contributed by atoms with Gasteiger partial charge in [-0.2, -0.15) is 0 Å². The van der Waals surface area contributed by atoms with Gasteiger partial charge in [0.05, 0.1) is 18.4 Å². The molecule has 6 heteroatoms. The number of nitrogens with one attached hydrogen (secondary N) is 1. The lowest BCUT2D eigenvalue weighted by molar-refractivity contribution is 0.0710. The number of piperidine rings is 1. The molecular weight excluding hydrogens is 414 g/mol. The number of carbonyl (C=O) groups is 2. The molecule has 0 spiro atoms. The number of ether oxygens (including phenoxy) is 1. The lowest BCUT2D eigenvalue weighted by atomic mass is 9.88. The van der Waals surface area contributed by atoms with Gasteiger partial charge in [-0.25, -0.2) is 0 Å². The van der Waals surface area contributed by atoms with Gasteiger partial charge in [0.15, 0.2) is 0 Å². The predicted octanol–water partition coefficient (Wildman–Crippen LogP) is 4.73. The quantitative estimate of drug-likeness (QED) is 0.692. The Bertz CT molecular complexity index is 959. The molecule has 1 aromatic carbocycles. The Morgan fingerprint density at radius 3 is 2.36 bits per heavy atom. The molecule has 0 bridgehead atoms. The summed E-state index contributed by atoms with van der Waals surface area (Å²) >= 11 is 0. The molecule has 2 heterocycles. The summed E-state index contributed by atoms with van der Waals surface area (Å²) in [4.78, 5) is 32.6. The normalized spacial score (nSPS) is 17.6. The van der Waals surface area contributed by atoms with Crippen LogP contribution in [0, 0.1) is 12.8 Å². The highest BCUT2D eigenvalue weighted by atomic mass is 16.5. The third-order valence-corrected chi connectivity index (χ3v) is 7.09. The van der Waals surface area contributed by atoms with Gasteiger partial charge in [0.1, 0.15) is 5.75 Å². The summed E-state index contributed by atoms with van der Waals surface area (Å²) in [5.74, 6) is 1.54. The van der Waals surface area contributed by atoms with E-state index in [9.17, 15) is 9.59 Å². The van der Waals surface area contributed by atoms with Gasteiger partial charge in [0, 0.05) is 36.8 Å². The summed E-state index contributed by atoms with van der Waals surface area (Å²) < 4.78 is 5.18. The second kappa shape index (κ2) is 10.8. The maximum Gasteiger partial charge on any atom is 0.253 e. The Kier molecular flexibility index (Phi) is 7.63. The van der Waals surface area contributed by atoms with Crippen molar-refractivity contribution in [1.29, 1.82) is 0 Å². The molecule has 2 fully saturated rings. The fourth-order valence-electron chi connectivity index (χ4n) is 5.08. The van der Waals surface area contributed by atoms with E-state index in [1.54, 1.807) is 7.11 Å². The van der Waals surface area contributed by atoms with Crippen LogP contribution in [0.15, 0.2) is 36.4 Å². The average Bonchev–Trinajstić information content (AvgIpc) is 2.87. The number of hydrogen-bond acceptors (Lipinski definition) is 4. The van der Waals surface area contributed by atoms with Crippen molar-refractivity contribution in [3.63, 3.8) is 0 Å². The first kappa shape index (κ1) is 23.3. The molecule has 0 unspecified atom stereocenters. The summed E-state index contributed by atoms with van der Waals surface area (Å²) in [7, 11) is 1.62. The van der Waals surface area contributed by atoms with Crippen molar-refractivity contribution in [1.82, 2.24) is 15.2 Å². The van der Waals surface area contributed by atoms with E-state index in [1.807, 2.05) is 48.2 Å².